The fourth-order valence-electron chi connectivity index (χ4n) is 2.64. The van der Waals surface area contributed by atoms with Crippen LogP contribution in [0.15, 0.2) is 4.47 Å². The Morgan fingerprint density at radius 2 is 2.05 bits per heavy atom. The summed E-state index contributed by atoms with van der Waals surface area (Å²) in [5.74, 6) is 0. The summed E-state index contributed by atoms with van der Waals surface area (Å²) >= 11 is 3.68. The van der Waals surface area contributed by atoms with Crippen LogP contribution in [0.3, 0.4) is 0 Å². The number of aromatic nitrogens is 2. The largest absolute Gasteiger partial charge is 0.380 e. The Labute approximate surface area is 131 Å². The van der Waals surface area contributed by atoms with Gasteiger partial charge in [0.25, 0.3) is 0 Å². The Kier molecular flexibility index (Phi) is 7.77. The van der Waals surface area contributed by atoms with E-state index in [1.807, 2.05) is 14.0 Å². The maximum Gasteiger partial charge on any atom is 0.0738 e. The number of nitrogens with zero attached hydrogens (tertiary/aromatic N) is 2. The smallest absolute Gasteiger partial charge is 0.0738 e. The second kappa shape index (κ2) is 8.80. The molecule has 1 aromatic heterocycles. The van der Waals surface area contributed by atoms with E-state index in [9.17, 15) is 0 Å². The predicted molar refractivity (Wildman–Crippen MR) is 87.2 cm³/mol. The van der Waals surface area contributed by atoms with Gasteiger partial charge in [0, 0.05) is 26.1 Å². The molecule has 116 valence electrons. The van der Waals surface area contributed by atoms with Crippen LogP contribution in [0.5, 0.6) is 0 Å². The average Bonchev–Trinajstić information content (AvgIpc) is 2.72. The summed E-state index contributed by atoms with van der Waals surface area (Å²) in [7, 11) is 1.81. The van der Waals surface area contributed by atoms with Crippen LogP contribution in [-0.4, -0.2) is 35.6 Å². The molecule has 1 rings (SSSR count). The van der Waals surface area contributed by atoms with Crippen molar-refractivity contribution >= 4 is 15.9 Å². The van der Waals surface area contributed by atoms with Crippen LogP contribution in [0.4, 0.5) is 0 Å². The molecule has 0 aromatic carbocycles. The van der Waals surface area contributed by atoms with E-state index in [2.05, 4.69) is 51.8 Å². The molecule has 0 aliphatic rings. The molecule has 0 spiro atoms. The minimum Gasteiger partial charge on any atom is -0.380 e. The van der Waals surface area contributed by atoms with Crippen LogP contribution in [0, 0.1) is 6.92 Å². The Hall–Kier alpha value is -0.390. The molecule has 0 saturated carbocycles. The van der Waals surface area contributed by atoms with Gasteiger partial charge in [-0.05, 0) is 42.7 Å². The maximum atomic E-state index is 5.69. The molecule has 0 radical (unpaired) electrons. The molecule has 2 atom stereocenters. The Morgan fingerprint density at radius 1 is 1.35 bits per heavy atom. The zero-order valence-corrected chi connectivity index (χ0v) is 15.0. The SMILES string of the molecule is CCCC(OC)C(Cc1c(Br)c(C)nn1CC)NCC. The minimum atomic E-state index is 0.243. The number of halogens is 1. The zero-order chi connectivity index (χ0) is 15.1. The van der Waals surface area contributed by atoms with E-state index in [0.717, 1.165) is 42.5 Å². The first-order valence-corrected chi connectivity index (χ1v) is 8.36. The molecule has 0 saturated heterocycles. The number of aryl methyl sites for hydroxylation is 2. The number of hydrogen-bond acceptors (Lipinski definition) is 3. The summed E-state index contributed by atoms with van der Waals surface area (Å²) in [5.41, 5.74) is 2.32. The first kappa shape index (κ1) is 17.7. The summed E-state index contributed by atoms with van der Waals surface area (Å²) in [6, 6.07) is 0.322. The molecular weight excluding hydrogens is 318 g/mol. The summed E-state index contributed by atoms with van der Waals surface area (Å²) in [6.45, 7) is 10.4. The van der Waals surface area contributed by atoms with Crippen molar-refractivity contribution in [3.05, 3.63) is 15.9 Å². The van der Waals surface area contributed by atoms with E-state index in [0.29, 0.717) is 6.04 Å². The molecule has 0 fully saturated rings. The van der Waals surface area contributed by atoms with E-state index in [1.165, 1.54) is 5.69 Å². The van der Waals surface area contributed by atoms with Crippen molar-refractivity contribution in [1.82, 2.24) is 15.1 Å². The van der Waals surface area contributed by atoms with E-state index in [4.69, 9.17) is 4.74 Å². The topological polar surface area (TPSA) is 39.1 Å². The third-order valence-electron chi connectivity index (χ3n) is 3.66. The molecule has 1 N–H and O–H groups in total. The summed E-state index contributed by atoms with van der Waals surface area (Å²) < 4.78 is 8.91. The van der Waals surface area contributed by atoms with Crippen LogP contribution in [-0.2, 0) is 17.7 Å². The predicted octanol–water partition coefficient (Wildman–Crippen LogP) is 3.31. The standard InChI is InChI=1S/C15H28BrN3O/c1-6-9-14(20-5)12(17-7-2)10-13-15(16)11(4)18-19(13)8-3/h12,14,17H,6-10H2,1-5H3. The third kappa shape index (κ3) is 4.30. The maximum absolute atomic E-state index is 5.69. The van der Waals surface area contributed by atoms with Gasteiger partial charge < -0.3 is 10.1 Å². The van der Waals surface area contributed by atoms with Crippen molar-refractivity contribution < 1.29 is 4.74 Å². The molecule has 1 heterocycles. The molecule has 0 amide bonds. The van der Waals surface area contributed by atoms with Crippen molar-refractivity contribution in [2.75, 3.05) is 13.7 Å². The minimum absolute atomic E-state index is 0.243. The highest BCUT2D eigenvalue weighted by atomic mass is 79.9. The van der Waals surface area contributed by atoms with Gasteiger partial charge in [0.2, 0.25) is 0 Å². The third-order valence-corrected chi connectivity index (χ3v) is 4.69. The Balaban J connectivity index is 2.94. The van der Waals surface area contributed by atoms with Crippen LogP contribution in [0.25, 0.3) is 0 Å². The van der Waals surface area contributed by atoms with Crippen molar-refractivity contribution in [1.29, 1.82) is 0 Å². The molecule has 0 aliphatic carbocycles. The van der Waals surface area contributed by atoms with Crippen LogP contribution < -0.4 is 5.32 Å². The molecule has 0 aliphatic heterocycles. The lowest BCUT2D eigenvalue weighted by Crippen LogP contribution is -2.43. The lowest BCUT2D eigenvalue weighted by molar-refractivity contribution is 0.0607. The van der Waals surface area contributed by atoms with Crippen molar-refractivity contribution in [2.24, 2.45) is 0 Å². The van der Waals surface area contributed by atoms with E-state index < -0.39 is 0 Å². The van der Waals surface area contributed by atoms with Gasteiger partial charge in [-0.2, -0.15) is 5.10 Å². The number of hydrogen-bond donors (Lipinski definition) is 1. The number of likely N-dealkylation sites (N-methyl/N-ethyl adjacent to an activating group) is 1. The van der Waals surface area contributed by atoms with Crippen LogP contribution >= 0.6 is 15.9 Å². The molecule has 4 nitrogen and oxygen atoms in total. The highest BCUT2D eigenvalue weighted by Gasteiger charge is 2.23. The lowest BCUT2D eigenvalue weighted by Gasteiger charge is -2.27. The Morgan fingerprint density at radius 3 is 2.55 bits per heavy atom. The summed E-state index contributed by atoms with van der Waals surface area (Å²) in [6.07, 6.45) is 3.38. The summed E-state index contributed by atoms with van der Waals surface area (Å²) in [5, 5.41) is 8.14. The van der Waals surface area contributed by atoms with Gasteiger partial charge in [-0.3, -0.25) is 4.68 Å². The highest BCUT2D eigenvalue weighted by Crippen LogP contribution is 2.24. The zero-order valence-electron chi connectivity index (χ0n) is 13.4. The molecule has 5 heteroatoms. The van der Waals surface area contributed by atoms with Gasteiger partial charge in [-0.25, -0.2) is 0 Å². The van der Waals surface area contributed by atoms with E-state index >= 15 is 0 Å². The van der Waals surface area contributed by atoms with E-state index in [1.54, 1.807) is 0 Å². The van der Waals surface area contributed by atoms with Crippen molar-refractivity contribution in [3.8, 4) is 0 Å². The summed E-state index contributed by atoms with van der Waals surface area (Å²) in [4.78, 5) is 0. The van der Waals surface area contributed by atoms with Gasteiger partial charge >= 0.3 is 0 Å². The van der Waals surface area contributed by atoms with Gasteiger partial charge in [0.15, 0.2) is 0 Å². The first-order valence-electron chi connectivity index (χ1n) is 7.56. The number of ether oxygens (including phenoxy) is 1. The molecule has 0 bridgehead atoms. The number of rotatable bonds is 9. The van der Waals surface area contributed by atoms with Crippen LogP contribution in [0.2, 0.25) is 0 Å². The number of nitrogens with one attached hydrogen (secondary N) is 1. The normalized spacial score (nSPS) is 14.5. The monoisotopic (exact) mass is 345 g/mol. The van der Waals surface area contributed by atoms with E-state index in [-0.39, 0.29) is 6.10 Å². The fourth-order valence-corrected chi connectivity index (χ4v) is 3.08. The second-order valence-corrected chi connectivity index (χ2v) is 5.89. The molecule has 1 aromatic rings. The van der Waals surface area contributed by atoms with Crippen LogP contribution in [0.1, 0.15) is 45.0 Å². The number of methoxy groups -OCH3 is 1. The highest BCUT2D eigenvalue weighted by molar-refractivity contribution is 9.10. The van der Waals surface area contributed by atoms with Gasteiger partial charge in [0.05, 0.1) is 22.0 Å². The second-order valence-electron chi connectivity index (χ2n) is 5.09. The lowest BCUT2D eigenvalue weighted by atomic mass is 10.0. The average molecular weight is 346 g/mol. The molecule has 2 unspecified atom stereocenters. The van der Waals surface area contributed by atoms with Crippen molar-refractivity contribution in [3.63, 3.8) is 0 Å². The fraction of sp³-hybridized carbons (Fsp3) is 0.800. The van der Waals surface area contributed by atoms with Gasteiger partial charge in [0.1, 0.15) is 0 Å². The first-order chi connectivity index (χ1) is 9.58. The van der Waals surface area contributed by atoms with Gasteiger partial charge in [-0.1, -0.05) is 20.3 Å². The quantitative estimate of drug-likeness (QED) is 0.746. The molecule has 20 heavy (non-hydrogen) atoms. The molecular formula is C15H28BrN3O. The van der Waals surface area contributed by atoms with Gasteiger partial charge in [-0.15, -0.1) is 0 Å². The van der Waals surface area contributed by atoms with Crippen molar-refractivity contribution in [2.45, 2.75) is 65.6 Å². The Bertz CT molecular complexity index is 406.